The monoisotopic (exact) mass is 498 g/mol. The van der Waals surface area contributed by atoms with Crippen LogP contribution in [0.2, 0.25) is 0 Å². The van der Waals surface area contributed by atoms with Crippen molar-refractivity contribution in [2.45, 2.75) is 101 Å². The van der Waals surface area contributed by atoms with Crippen molar-refractivity contribution in [2.24, 2.45) is 0 Å². The van der Waals surface area contributed by atoms with Crippen molar-refractivity contribution in [1.82, 2.24) is 0 Å². The average molecular weight is 499 g/mol. The van der Waals surface area contributed by atoms with Crippen LogP contribution in [0.25, 0.3) is 32.7 Å². The Balaban J connectivity index is 0.00000129. The Morgan fingerprint density at radius 2 is 0.946 bits per heavy atom. The third kappa shape index (κ3) is 9.19. The van der Waals surface area contributed by atoms with Gasteiger partial charge in [0.25, 0.3) is 0 Å². The highest BCUT2D eigenvalue weighted by atomic mass is 14.2. The van der Waals surface area contributed by atoms with Gasteiger partial charge in [-0.15, -0.1) is 0 Å². The molecule has 37 heavy (non-hydrogen) atoms. The van der Waals surface area contributed by atoms with Crippen LogP contribution in [0.3, 0.4) is 0 Å². The highest BCUT2D eigenvalue weighted by Crippen LogP contribution is 2.30. The van der Waals surface area contributed by atoms with Gasteiger partial charge in [-0.3, -0.25) is 0 Å². The average Bonchev–Trinajstić information content (AvgIpc) is 2.93. The fraction of sp³-hybridized carbons (Fsp3) is 0.405. The van der Waals surface area contributed by atoms with Gasteiger partial charge in [-0.25, -0.2) is 0 Å². The number of fused-ring (bicyclic) bond motifs is 1. The first-order chi connectivity index (χ1) is 17.4. The van der Waals surface area contributed by atoms with Gasteiger partial charge < -0.3 is 0 Å². The van der Waals surface area contributed by atoms with E-state index in [2.05, 4.69) is 126 Å². The molecule has 0 aromatic heterocycles. The van der Waals surface area contributed by atoms with E-state index in [1.165, 1.54) is 56.6 Å². The summed E-state index contributed by atoms with van der Waals surface area (Å²) in [5, 5.41) is 5.22. The minimum atomic E-state index is 0. The highest BCUT2D eigenvalue weighted by Gasteiger charge is 2.17. The summed E-state index contributed by atoms with van der Waals surface area (Å²) in [7, 11) is 0. The van der Waals surface area contributed by atoms with Crippen molar-refractivity contribution < 1.29 is 0 Å². The molecule has 0 saturated carbocycles. The quantitative estimate of drug-likeness (QED) is 0.262. The van der Waals surface area contributed by atoms with E-state index in [0.717, 1.165) is 6.42 Å². The largest absolute Gasteiger partial charge is 0.0776 e. The predicted octanol–water partition coefficient (Wildman–Crippen LogP) is 12.7. The molecule has 0 aliphatic heterocycles. The third-order valence-corrected chi connectivity index (χ3v) is 6.76. The maximum absolute atomic E-state index is 2.31. The number of aryl methyl sites for hydroxylation is 1. The fourth-order valence-electron chi connectivity index (χ4n) is 3.93. The van der Waals surface area contributed by atoms with Gasteiger partial charge in [0, 0.05) is 0 Å². The number of rotatable bonds is 4. The summed E-state index contributed by atoms with van der Waals surface area (Å²) in [4.78, 5) is 0. The fourth-order valence-corrected chi connectivity index (χ4v) is 3.93. The molecule has 0 aliphatic carbocycles. The molecular formula is C37H54. The van der Waals surface area contributed by atoms with Crippen molar-refractivity contribution in [3.8, 4) is 11.1 Å². The topological polar surface area (TPSA) is 0 Å². The van der Waals surface area contributed by atoms with Crippen LogP contribution in [0.15, 0.2) is 84.9 Å². The third-order valence-electron chi connectivity index (χ3n) is 6.76. The standard InChI is InChI=1S/C28H28.C4H10.2C2H6.CH4/c1-5-28(3,4)26-18-16-23(17-19-26)22-8-6-9-24-10-7-11-25-15-13-21(12-14-22)20(2)27(24)25;1-3-4-2;2*1-2;/h6-19H,5H2,1-4H3;3-4H2,1-2H3;2*1-2H3;1H4. The van der Waals surface area contributed by atoms with Gasteiger partial charge in [0.15, 0.2) is 0 Å². The molecule has 4 aromatic rings. The van der Waals surface area contributed by atoms with Gasteiger partial charge in [0.2, 0.25) is 0 Å². The molecule has 202 valence electrons. The number of benzene rings is 3. The first-order valence-corrected chi connectivity index (χ1v) is 14.1. The van der Waals surface area contributed by atoms with Gasteiger partial charge >= 0.3 is 0 Å². The summed E-state index contributed by atoms with van der Waals surface area (Å²) in [5.41, 5.74) is 5.44. The SMILES string of the molecule is C.CC.CC.CCC(C)(C)c1ccc(-c2cccc3cccc4ccc(cc2)c(C)c34)cc1.CCCC. The van der Waals surface area contributed by atoms with Crippen LogP contribution in [0, 0.1) is 6.92 Å². The van der Waals surface area contributed by atoms with Crippen LogP contribution < -0.4 is 0 Å². The smallest absolute Gasteiger partial charge is 0.00762 e. The zero-order valence-corrected chi connectivity index (χ0v) is 24.7. The molecule has 2 bridgehead atoms. The normalized spacial score (nSPS) is 10.0. The Morgan fingerprint density at radius 3 is 1.46 bits per heavy atom. The lowest BCUT2D eigenvalue weighted by Crippen LogP contribution is -2.14. The molecule has 0 radical (unpaired) electrons. The molecule has 0 heteroatoms. The number of unbranched alkanes of at least 4 members (excludes halogenated alkanes) is 1. The summed E-state index contributed by atoms with van der Waals surface area (Å²) in [6.07, 6.45) is 3.78. The molecule has 0 amide bonds. The molecule has 0 fully saturated rings. The van der Waals surface area contributed by atoms with E-state index in [4.69, 9.17) is 0 Å². The van der Waals surface area contributed by atoms with Crippen molar-refractivity contribution in [2.75, 3.05) is 0 Å². The molecular weight excluding hydrogens is 444 g/mol. The van der Waals surface area contributed by atoms with E-state index in [-0.39, 0.29) is 12.8 Å². The Kier molecular flexibility index (Phi) is 16.2. The molecule has 0 nitrogen and oxygen atoms in total. The molecule has 4 aromatic carbocycles. The van der Waals surface area contributed by atoms with Crippen LogP contribution in [-0.2, 0) is 5.41 Å². The molecule has 0 unspecified atom stereocenters. The Morgan fingerprint density at radius 1 is 0.541 bits per heavy atom. The van der Waals surface area contributed by atoms with Crippen molar-refractivity contribution in [3.05, 3.63) is 96.1 Å². The van der Waals surface area contributed by atoms with E-state index >= 15 is 0 Å². The lowest BCUT2D eigenvalue weighted by molar-refractivity contribution is 0.506. The van der Waals surface area contributed by atoms with Crippen LogP contribution in [0.5, 0.6) is 0 Å². The van der Waals surface area contributed by atoms with Crippen molar-refractivity contribution in [1.29, 1.82) is 0 Å². The minimum absolute atomic E-state index is 0. The van der Waals surface area contributed by atoms with Gasteiger partial charge in [-0.1, -0.05) is 168 Å². The second-order valence-corrected chi connectivity index (χ2v) is 9.35. The lowest BCUT2D eigenvalue weighted by atomic mass is 9.82. The maximum Gasteiger partial charge on any atom is -0.00762 e. The maximum atomic E-state index is 2.31. The Hall–Kier alpha value is -2.86. The zero-order chi connectivity index (χ0) is 27.1. The Bertz CT molecular complexity index is 1190. The summed E-state index contributed by atoms with van der Waals surface area (Å²) in [6, 6.07) is 31.2. The van der Waals surface area contributed by atoms with E-state index in [9.17, 15) is 0 Å². The minimum Gasteiger partial charge on any atom is -0.0776 e. The molecule has 0 aliphatic rings. The van der Waals surface area contributed by atoms with Gasteiger partial charge in [0.1, 0.15) is 0 Å². The van der Waals surface area contributed by atoms with E-state index in [1.54, 1.807) is 0 Å². The summed E-state index contributed by atoms with van der Waals surface area (Å²) < 4.78 is 0. The molecule has 4 rings (SSSR count). The van der Waals surface area contributed by atoms with Gasteiger partial charge in [0.05, 0.1) is 0 Å². The van der Waals surface area contributed by atoms with E-state index in [1.807, 2.05) is 27.7 Å². The zero-order valence-electron chi connectivity index (χ0n) is 24.7. The predicted molar refractivity (Wildman–Crippen MR) is 174 cm³/mol. The number of hydrogen-bond donors (Lipinski definition) is 0. The van der Waals surface area contributed by atoms with E-state index < -0.39 is 0 Å². The summed E-state index contributed by atoms with van der Waals surface area (Å²) >= 11 is 0. The summed E-state index contributed by atoms with van der Waals surface area (Å²) in [6.45, 7) is 21.5. The Labute approximate surface area is 229 Å². The van der Waals surface area contributed by atoms with Crippen molar-refractivity contribution >= 4 is 21.5 Å². The second-order valence-electron chi connectivity index (χ2n) is 9.35. The number of hydrogen-bond acceptors (Lipinski definition) is 0. The second kappa shape index (κ2) is 17.6. The molecule has 0 saturated heterocycles. The highest BCUT2D eigenvalue weighted by molar-refractivity contribution is 6.03. The van der Waals surface area contributed by atoms with Gasteiger partial charge in [-0.05, 0) is 62.6 Å². The molecule has 0 heterocycles. The van der Waals surface area contributed by atoms with Crippen LogP contribution in [0.1, 0.15) is 100 Å². The molecule has 0 atom stereocenters. The van der Waals surface area contributed by atoms with Crippen molar-refractivity contribution in [3.63, 3.8) is 0 Å². The van der Waals surface area contributed by atoms with Crippen LogP contribution in [0.4, 0.5) is 0 Å². The van der Waals surface area contributed by atoms with Gasteiger partial charge in [-0.2, -0.15) is 0 Å². The first kappa shape index (κ1) is 34.1. The molecule has 0 N–H and O–H groups in total. The van der Waals surface area contributed by atoms with Crippen LogP contribution in [-0.4, -0.2) is 0 Å². The lowest BCUT2D eigenvalue weighted by Gasteiger charge is -2.23. The van der Waals surface area contributed by atoms with E-state index in [0.29, 0.717) is 0 Å². The van der Waals surface area contributed by atoms with Crippen LogP contribution >= 0.6 is 0 Å². The summed E-state index contributed by atoms with van der Waals surface area (Å²) in [5.74, 6) is 0. The molecule has 0 spiro atoms. The first-order valence-electron chi connectivity index (χ1n) is 14.1.